The van der Waals surface area contributed by atoms with Crippen LogP contribution in [0.15, 0.2) is 12.4 Å². The van der Waals surface area contributed by atoms with E-state index in [1.807, 2.05) is 25.7 Å². The van der Waals surface area contributed by atoms with E-state index in [0.29, 0.717) is 18.2 Å². The van der Waals surface area contributed by atoms with E-state index in [4.69, 9.17) is 0 Å². The average Bonchev–Trinajstić information content (AvgIpc) is 2.35. The SMILES string of the molecule is CCN(CC(=O)NC(C)C)c1cncc(NC)n1. The van der Waals surface area contributed by atoms with Crippen LogP contribution in [0.25, 0.3) is 0 Å². The fraction of sp³-hybridized carbons (Fsp3) is 0.583. The van der Waals surface area contributed by atoms with E-state index in [2.05, 4.69) is 20.6 Å². The summed E-state index contributed by atoms with van der Waals surface area (Å²) >= 11 is 0. The molecule has 0 spiro atoms. The van der Waals surface area contributed by atoms with Crippen LogP contribution in [-0.4, -0.2) is 42.1 Å². The Kier molecular flexibility index (Phi) is 5.35. The molecule has 100 valence electrons. The number of nitrogens with zero attached hydrogens (tertiary/aromatic N) is 3. The van der Waals surface area contributed by atoms with E-state index >= 15 is 0 Å². The third-order valence-corrected chi connectivity index (χ3v) is 2.37. The summed E-state index contributed by atoms with van der Waals surface area (Å²) in [7, 11) is 1.79. The molecule has 0 unspecified atom stereocenters. The molecule has 0 aromatic carbocycles. The molecule has 18 heavy (non-hydrogen) atoms. The van der Waals surface area contributed by atoms with Crippen molar-refractivity contribution in [1.29, 1.82) is 0 Å². The van der Waals surface area contributed by atoms with Crippen LogP contribution in [0.4, 0.5) is 11.6 Å². The average molecular weight is 251 g/mol. The van der Waals surface area contributed by atoms with Crippen LogP contribution in [0.2, 0.25) is 0 Å². The van der Waals surface area contributed by atoms with Crippen molar-refractivity contribution in [1.82, 2.24) is 15.3 Å². The van der Waals surface area contributed by atoms with Gasteiger partial charge in [-0.25, -0.2) is 4.98 Å². The zero-order valence-corrected chi connectivity index (χ0v) is 11.4. The maximum absolute atomic E-state index is 11.7. The van der Waals surface area contributed by atoms with Crippen molar-refractivity contribution >= 4 is 17.5 Å². The molecule has 1 heterocycles. The predicted molar refractivity (Wildman–Crippen MR) is 72.7 cm³/mol. The van der Waals surface area contributed by atoms with Gasteiger partial charge in [0.25, 0.3) is 0 Å². The molecule has 2 N–H and O–H groups in total. The number of rotatable bonds is 6. The Bertz CT molecular complexity index is 394. The Morgan fingerprint density at radius 1 is 1.44 bits per heavy atom. The summed E-state index contributed by atoms with van der Waals surface area (Å²) in [6, 6.07) is 0.144. The van der Waals surface area contributed by atoms with E-state index in [9.17, 15) is 4.79 Å². The van der Waals surface area contributed by atoms with Gasteiger partial charge in [0.05, 0.1) is 18.9 Å². The molecule has 6 heteroatoms. The molecular weight excluding hydrogens is 230 g/mol. The van der Waals surface area contributed by atoms with Crippen LogP contribution in [0.3, 0.4) is 0 Å². The Labute approximate surface area is 108 Å². The predicted octanol–water partition coefficient (Wildman–Crippen LogP) is 0.869. The molecular formula is C12H21N5O. The molecule has 0 radical (unpaired) electrons. The zero-order valence-electron chi connectivity index (χ0n) is 11.4. The van der Waals surface area contributed by atoms with E-state index in [-0.39, 0.29) is 18.5 Å². The first-order valence-corrected chi connectivity index (χ1v) is 6.11. The third kappa shape index (κ3) is 4.20. The minimum absolute atomic E-state index is 0.0106. The highest BCUT2D eigenvalue weighted by Gasteiger charge is 2.12. The zero-order chi connectivity index (χ0) is 13.5. The molecule has 0 fully saturated rings. The molecule has 0 atom stereocenters. The van der Waals surface area contributed by atoms with Crippen LogP contribution in [0, 0.1) is 0 Å². The number of amides is 1. The van der Waals surface area contributed by atoms with Crippen molar-refractivity contribution in [3.8, 4) is 0 Å². The van der Waals surface area contributed by atoms with Crippen molar-refractivity contribution in [2.45, 2.75) is 26.8 Å². The van der Waals surface area contributed by atoms with E-state index in [0.717, 1.165) is 0 Å². The summed E-state index contributed by atoms with van der Waals surface area (Å²) < 4.78 is 0. The van der Waals surface area contributed by atoms with Crippen molar-refractivity contribution in [3.05, 3.63) is 12.4 Å². The summed E-state index contributed by atoms with van der Waals surface area (Å²) in [5, 5.41) is 5.79. The molecule has 0 saturated carbocycles. The van der Waals surface area contributed by atoms with E-state index in [1.165, 1.54) is 0 Å². The van der Waals surface area contributed by atoms with Gasteiger partial charge in [-0.1, -0.05) is 0 Å². The van der Waals surface area contributed by atoms with Crippen LogP contribution in [0.1, 0.15) is 20.8 Å². The van der Waals surface area contributed by atoms with Gasteiger partial charge in [0.1, 0.15) is 11.6 Å². The smallest absolute Gasteiger partial charge is 0.239 e. The second-order valence-electron chi connectivity index (χ2n) is 4.25. The van der Waals surface area contributed by atoms with Gasteiger partial charge in [0.2, 0.25) is 5.91 Å². The second kappa shape index (κ2) is 6.78. The molecule has 0 bridgehead atoms. The number of anilines is 2. The molecule has 0 aliphatic heterocycles. The lowest BCUT2D eigenvalue weighted by Gasteiger charge is -2.22. The van der Waals surface area contributed by atoms with Crippen molar-refractivity contribution < 1.29 is 4.79 Å². The fourth-order valence-electron chi connectivity index (χ4n) is 1.52. The number of hydrogen-bond donors (Lipinski definition) is 2. The van der Waals surface area contributed by atoms with Gasteiger partial charge in [0, 0.05) is 19.6 Å². The highest BCUT2D eigenvalue weighted by molar-refractivity contribution is 5.81. The first-order valence-electron chi connectivity index (χ1n) is 6.11. The van der Waals surface area contributed by atoms with E-state index < -0.39 is 0 Å². The Morgan fingerprint density at radius 3 is 2.72 bits per heavy atom. The number of carbonyl (C=O) groups excluding carboxylic acids is 1. The maximum atomic E-state index is 11.7. The van der Waals surface area contributed by atoms with Gasteiger partial charge in [0.15, 0.2) is 0 Å². The summed E-state index contributed by atoms with van der Waals surface area (Å²) in [6.07, 6.45) is 3.30. The lowest BCUT2D eigenvalue weighted by atomic mass is 10.3. The number of nitrogens with one attached hydrogen (secondary N) is 2. The van der Waals surface area contributed by atoms with Gasteiger partial charge in [-0.15, -0.1) is 0 Å². The Hall–Kier alpha value is -1.85. The minimum Gasteiger partial charge on any atom is -0.372 e. The quantitative estimate of drug-likeness (QED) is 0.785. The monoisotopic (exact) mass is 251 g/mol. The first-order chi connectivity index (χ1) is 8.56. The number of carbonyl (C=O) groups is 1. The van der Waals surface area contributed by atoms with Crippen LogP contribution in [-0.2, 0) is 4.79 Å². The number of hydrogen-bond acceptors (Lipinski definition) is 5. The second-order valence-corrected chi connectivity index (χ2v) is 4.25. The van der Waals surface area contributed by atoms with Crippen molar-refractivity contribution in [3.63, 3.8) is 0 Å². The van der Waals surface area contributed by atoms with E-state index in [1.54, 1.807) is 19.4 Å². The Balaban J connectivity index is 2.73. The van der Waals surface area contributed by atoms with Gasteiger partial charge in [-0.05, 0) is 20.8 Å². The molecule has 1 amide bonds. The van der Waals surface area contributed by atoms with Gasteiger partial charge in [-0.3, -0.25) is 9.78 Å². The summed E-state index contributed by atoms with van der Waals surface area (Å²) in [5.41, 5.74) is 0. The van der Waals surface area contributed by atoms with Crippen molar-refractivity contribution in [2.75, 3.05) is 30.4 Å². The minimum atomic E-state index is -0.0106. The summed E-state index contributed by atoms with van der Waals surface area (Å²) in [5.74, 6) is 1.38. The van der Waals surface area contributed by atoms with Gasteiger partial charge in [-0.2, -0.15) is 0 Å². The maximum Gasteiger partial charge on any atom is 0.239 e. The van der Waals surface area contributed by atoms with Crippen LogP contribution >= 0.6 is 0 Å². The lowest BCUT2D eigenvalue weighted by molar-refractivity contribution is -0.120. The topological polar surface area (TPSA) is 70.2 Å². The summed E-state index contributed by atoms with van der Waals surface area (Å²) in [6.45, 7) is 6.85. The van der Waals surface area contributed by atoms with Crippen LogP contribution < -0.4 is 15.5 Å². The lowest BCUT2D eigenvalue weighted by Crippen LogP contribution is -2.40. The van der Waals surface area contributed by atoms with Gasteiger partial charge < -0.3 is 15.5 Å². The largest absolute Gasteiger partial charge is 0.372 e. The highest BCUT2D eigenvalue weighted by atomic mass is 16.2. The molecule has 0 aliphatic carbocycles. The number of aromatic nitrogens is 2. The summed E-state index contributed by atoms with van der Waals surface area (Å²) in [4.78, 5) is 22.1. The third-order valence-electron chi connectivity index (χ3n) is 2.37. The fourth-order valence-corrected chi connectivity index (χ4v) is 1.52. The standard InChI is InChI=1S/C12H21N5O/c1-5-17(8-12(18)15-9(2)3)11-7-14-6-10(13-4)16-11/h6-7,9H,5,8H2,1-4H3,(H,13,16)(H,15,18). The molecule has 0 saturated heterocycles. The molecule has 1 rings (SSSR count). The molecule has 0 aliphatic rings. The van der Waals surface area contributed by atoms with Crippen LogP contribution in [0.5, 0.6) is 0 Å². The Morgan fingerprint density at radius 2 is 2.17 bits per heavy atom. The molecule has 1 aromatic heterocycles. The van der Waals surface area contributed by atoms with Crippen molar-refractivity contribution in [2.24, 2.45) is 0 Å². The first kappa shape index (κ1) is 14.2. The molecule has 6 nitrogen and oxygen atoms in total. The van der Waals surface area contributed by atoms with Gasteiger partial charge >= 0.3 is 0 Å². The highest BCUT2D eigenvalue weighted by Crippen LogP contribution is 2.11. The molecule has 1 aromatic rings. The number of likely N-dealkylation sites (N-methyl/N-ethyl adjacent to an activating group) is 1. The normalized spacial score (nSPS) is 10.3.